The zero-order valence-electron chi connectivity index (χ0n) is 11.4. The van der Waals surface area contributed by atoms with Gasteiger partial charge in [0.15, 0.2) is 0 Å². The third-order valence-electron chi connectivity index (χ3n) is 3.11. The third kappa shape index (κ3) is 4.48. The largest absolute Gasteiger partial charge is 0.352 e. The molecule has 1 amide bonds. The number of hydrogen-bond acceptors (Lipinski definition) is 3. The number of hydrogen-bond donors (Lipinski definition) is 2. The molecule has 4 heteroatoms. The highest BCUT2D eigenvalue weighted by atomic mass is 16.1. The molecule has 0 unspecified atom stereocenters. The first-order chi connectivity index (χ1) is 9.78. The molecule has 1 aromatic carbocycles. The van der Waals surface area contributed by atoms with Crippen LogP contribution in [-0.2, 0) is 24.3 Å². The fourth-order valence-corrected chi connectivity index (χ4v) is 1.89. The van der Waals surface area contributed by atoms with E-state index in [1.54, 1.807) is 12.4 Å². The lowest BCUT2D eigenvalue weighted by atomic mass is 10.1. The zero-order chi connectivity index (χ0) is 14.2. The molecule has 3 N–H and O–H groups in total. The highest BCUT2D eigenvalue weighted by Crippen LogP contribution is 2.04. The summed E-state index contributed by atoms with van der Waals surface area (Å²) in [7, 11) is 0. The fraction of sp³-hybridized carbons (Fsp3) is 0.250. The molecule has 104 valence electrons. The van der Waals surface area contributed by atoms with E-state index in [4.69, 9.17) is 5.73 Å². The maximum absolute atomic E-state index is 11.8. The summed E-state index contributed by atoms with van der Waals surface area (Å²) in [5.41, 5.74) is 8.80. The van der Waals surface area contributed by atoms with Gasteiger partial charge in [0.25, 0.3) is 0 Å². The van der Waals surface area contributed by atoms with Gasteiger partial charge in [0.1, 0.15) is 0 Å². The van der Waals surface area contributed by atoms with E-state index in [0.29, 0.717) is 25.9 Å². The summed E-state index contributed by atoms with van der Waals surface area (Å²) >= 11 is 0. The van der Waals surface area contributed by atoms with Crippen LogP contribution in [-0.4, -0.2) is 10.9 Å². The van der Waals surface area contributed by atoms with Gasteiger partial charge in [-0.15, -0.1) is 0 Å². The van der Waals surface area contributed by atoms with Crippen LogP contribution in [0.5, 0.6) is 0 Å². The Kier molecular flexibility index (Phi) is 5.26. The van der Waals surface area contributed by atoms with E-state index in [-0.39, 0.29) is 5.91 Å². The summed E-state index contributed by atoms with van der Waals surface area (Å²) in [6.07, 6.45) is 4.71. The monoisotopic (exact) mass is 269 g/mol. The molecule has 0 saturated carbocycles. The second-order valence-corrected chi connectivity index (χ2v) is 4.66. The van der Waals surface area contributed by atoms with Gasteiger partial charge >= 0.3 is 0 Å². The molecule has 0 saturated heterocycles. The van der Waals surface area contributed by atoms with Crippen molar-refractivity contribution in [2.24, 2.45) is 5.73 Å². The van der Waals surface area contributed by atoms with Crippen molar-refractivity contribution in [1.29, 1.82) is 0 Å². The van der Waals surface area contributed by atoms with Crippen molar-refractivity contribution >= 4 is 5.91 Å². The third-order valence-corrected chi connectivity index (χ3v) is 3.11. The van der Waals surface area contributed by atoms with Crippen molar-refractivity contribution in [3.8, 4) is 0 Å². The second kappa shape index (κ2) is 7.40. The second-order valence-electron chi connectivity index (χ2n) is 4.66. The van der Waals surface area contributed by atoms with Crippen LogP contribution in [0.3, 0.4) is 0 Å². The van der Waals surface area contributed by atoms with E-state index in [0.717, 1.165) is 16.7 Å². The molecule has 0 aliphatic carbocycles. The van der Waals surface area contributed by atoms with E-state index in [9.17, 15) is 4.79 Å². The summed E-state index contributed by atoms with van der Waals surface area (Å²) in [6.45, 7) is 1.09. The molecule has 0 fully saturated rings. The number of pyridine rings is 1. The number of benzene rings is 1. The topological polar surface area (TPSA) is 68.0 Å². The molecule has 1 aromatic heterocycles. The lowest BCUT2D eigenvalue weighted by Gasteiger charge is -2.06. The van der Waals surface area contributed by atoms with Gasteiger partial charge in [-0.05, 0) is 29.2 Å². The molecule has 0 atom stereocenters. The van der Waals surface area contributed by atoms with Crippen LogP contribution in [0.1, 0.15) is 23.1 Å². The van der Waals surface area contributed by atoms with Crippen LogP contribution >= 0.6 is 0 Å². The average molecular weight is 269 g/mol. The Morgan fingerprint density at radius 3 is 2.50 bits per heavy atom. The van der Waals surface area contributed by atoms with Crippen LogP contribution in [0.2, 0.25) is 0 Å². The summed E-state index contributed by atoms with van der Waals surface area (Å²) in [5, 5.41) is 2.92. The number of nitrogens with zero attached hydrogens (tertiary/aromatic N) is 1. The lowest BCUT2D eigenvalue weighted by Crippen LogP contribution is -2.23. The van der Waals surface area contributed by atoms with Gasteiger partial charge in [0.05, 0.1) is 0 Å². The van der Waals surface area contributed by atoms with Gasteiger partial charge < -0.3 is 11.1 Å². The van der Waals surface area contributed by atoms with Crippen molar-refractivity contribution < 1.29 is 4.79 Å². The van der Waals surface area contributed by atoms with E-state index >= 15 is 0 Å². The first-order valence-corrected chi connectivity index (χ1v) is 6.71. The minimum Gasteiger partial charge on any atom is -0.352 e. The van der Waals surface area contributed by atoms with Crippen LogP contribution in [0, 0.1) is 0 Å². The number of aryl methyl sites for hydroxylation is 1. The van der Waals surface area contributed by atoms with E-state index < -0.39 is 0 Å². The average Bonchev–Trinajstić information content (AvgIpc) is 2.52. The van der Waals surface area contributed by atoms with Gasteiger partial charge in [0.2, 0.25) is 5.91 Å². The minimum absolute atomic E-state index is 0.0526. The molecule has 0 spiro atoms. The standard InChI is InChI=1S/C16H19N3O/c17-10-13-3-5-15(6-4-13)12-19-16(20)8-7-14-2-1-9-18-11-14/h1-6,9,11H,7-8,10,12,17H2,(H,19,20). The summed E-state index contributed by atoms with van der Waals surface area (Å²) in [6, 6.07) is 11.8. The number of nitrogens with one attached hydrogen (secondary N) is 1. The molecule has 2 rings (SSSR count). The van der Waals surface area contributed by atoms with Crippen LogP contribution in [0.15, 0.2) is 48.8 Å². The highest BCUT2D eigenvalue weighted by molar-refractivity contribution is 5.76. The molecule has 20 heavy (non-hydrogen) atoms. The predicted molar refractivity (Wildman–Crippen MR) is 78.7 cm³/mol. The molecular weight excluding hydrogens is 250 g/mol. The zero-order valence-corrected chi connectivity index (χ0v) is 11.4. The van der Waals surface area contributed by atoms with Gasteiger partial charge in [-0.25, -0.2) is 0 Å². The van der Waals surface area contributed by atoms with E-state index in [1.807, 2.05) is 36.4 Å². The first-order valence-electron chi connectivity index (χ1n) is 6.71. The number of carbonyl (C=O) groups excluding carboxylic acids is 1. The summed E-state index contributed by atoms with van der Waals surface area (Å²) < 4.78 is 0. The van der Waals surface area contributed by atoms with Crippen LogP contribution < -0.4 is 11.1 Å². The molecule has 1 heterocycles. The number of aromatic nitrogens is 1. The summed E-state index contributed by atoms with van der Waals surface area (Å²) in [5.74, 6) is 0.0526. The maximum atomic E-state index is 11.8. The normalized spacial score (nSPS) is 10.2. The summed E-state index contributed by atoms with van der Waals surface area (Å²) in [4.78, 5) is 15.8. The van der Waals surface area contributed by atoms with E-state index in [1.165, 1.54) is 0 Å². The Balaban J connectivity index is 1.74. The van der Waals surface area contributed by atoms with Crippen LogP contribution in [0.4, 0.5) is 0 Å². The maximum Gasteiger partial charge on any atom is 0.220 e. The molecule has 0 aliphatic heterocycles. The Morgan fingerprint density at radius 1 is 1.10 bits per heavy atom. The van der Waals surface area contributed by atoms with Crippen LogP contribution in [0.25, 0.3) is 0 Å². The van der Waals surface area contributed by atoms with Crippen molar-refractivity contribution in [2.45, 2.75) is 25.9 Å². The van der Waals surface area contributed by atoms with Gasteiger partial charge in [0, 0.05) is 31.9 Å². The molecular formula is C16H19N3O. The first kappa shape index (κ1) is 14.2. The Labute approximate surface area is 119 Å². The Morgan fingerprint density at radius 2 is 1.85 bits per heavy atom. The molecule has 2 aromatic rings. The number of nitrogens with two attached hydrogens (primary N) is 1. The molecule has 4 nitrogen and oxygen atoms in total. The predicted octanol–water partition coefficient (Wildman–Crippen LogP) is 1.79. The quantitative estimate of drug-likeness (QED) is 0.840. The highest BCUT2D eigenvalue weighted by Gasteiger charge is 2.02. The van der Waals surface area contributed by atoms with Crippen molar-refractivity contribution in [3.05, 3.63) is 65.5 Å². The van der Waals surface area contributed by atoms with Gasteiger partial charge in [-0.2, -0.15) is 0 Å². The van der Waals surface area contributed by atoms with Crippen molar-refractivity contribution in [1.82, 2.24) is 10.3 Å². The van der Waals surface area contributed by atoms with Crippen molar-refractivity contribution in [3.63, 3.8) is 0 Å². The minimum atomic E-state index is 0.0526. The number of rotatable bonds is 6. The Hall–Kier alpha value is -2.20. The Bertz CT molecular complexity index is 537. The van der Waals surface area contributed by atoms with Gasteiger partial charge in [-0.3, -0.25) is 9.78 Å². The number of amides is 1. The number of carbonyl (C=O) groups is 1. The lowest BCUT2D eigenvalue weighted by molar-refractivity contribution is -0.121. The SMILES string of the molecule is NCc1ccc(CNC(=O)CCc2cccnc2)cc1. The van der Waals surface area contributed by atoms with E-state index in [2.05, 4.69) is 10.3 Å². The smallest absolute Gasteiger partial charge is 0.220 e. The van der Waals surface area contributed by atoms with Gasteiger partial charge in [-0.1, -0.05) is 30.3 Å². The fourth-order valence-electron chi connectivity index (χ4n) is 1.89. The molecule has 0 bridgehead atoms. The van der Waals surface area contributed by atoms with Crippen molar-refractivity contribution in [2.75, 3.05) is 0 Å². The molecule has 0 aliphatic rings. The molecule has 0 radical (unpaired) electrons.